The van der Waals surface area contributed by atoms with Gasteiger partial charge in [-0.1, -0.05) is 12.1 Å². The number of ether oxygens (including phenoxy) is 1. The Labute approximate surface area is 157 Å². The molecule has 6 heteroatoms. The molecule has 0 spiro atoms. The summed E-state index contributed by atoms with van der Waals surface area (Å²) >= 11 is 0. The smallest absolute Gasteiger partial charge is 0.263 e. The number of hydrogen-bond donors (Lipinski definition) is 0. The summed E-state index contributed by atoms with van der Waals surface area (Å²) in [7, 11) is 0. The highest BCUT2D eigenvalue weighted by atomic mass is 16.5. The maximum absolute atomic E-state index is 5.81. The first-order chi connectivity index (χ1) is 13.3. The summed E-state index contributed by atoms with van der Waals surface area (Å²) < 4.78 is 18.8. The molecule has 0 aliphatic rings. The molecule has 0 saturated heterocycles. The zero-order valence-corrected chi connectivity index (χ0v) is 15.2. The van der Waals surface area contributed by atoms with Crippen LogP contribution in [-0.4, -0.2) is 14.5 Å². The molecule has 4 rings (SSSR count). The maximum atomic E-state index is 5.81. The molecule has 6 nitrogen and oxygen atoms in total. The molecule has 0 aliphatic carbocycles. The van der Waals surface area contributed by atoms with E-state index < -0.39 is 0 Å². The number of oxazole rings is 1. The number of nitrogens with zero attached hydrogens (tertiary/aromatic N) is 3. The van der Waals surface area contributed by atoms with Crippen molar-refractivity contribution in [3.8, 4) is 17.4 Å². The highest BCUT2D eigenvalue weighted by Crippen LogP contribution is 2.24. The van der Waals surface area contributed by atoms with Crippen molar-refractivity contribution in [1.29, 1.82) is 0 Å². The summed E-state index contributed by atoms with van der Waals surface area (Å²) in [5.41, 5.74) is 3.01. The number of benzene rings is 1. The fraction of sp³-hybridized carbons (Fsp3) is 0.238. The molecule has 0 unspecified atom stereocenters. The van der Waals surface area contributed by atoms with Crippen molar-refractivity contribution in [2.45, 2.75) is 32.9 Å². The minimum atomic E-state index is 0.350. The second-order valence-electron chi connectivity index (χ2n) is 6.41. The van der Waals surface area contributed by atoms with Crippen molar-refractivity contribution in [1.82, 2.24) is 14.5 Å². The van der Waals surface area contributed by atoms with Gasteiger partial charge in [0, 0.05) is 24.5 Å². The Morgan fingerprint density at radius 1 is 1.11 bits per heavy atom. The topological polar surface area (TPSA) is 66.2 Å². The SMILES string of the molecule is Cc1ccoc1-c1nc(COc2ccc(CCCn3ccnc3)cc2)co1. The monoisotopic (exact) mass is 363 g/mol. The maximum Gasteiger partial charge on any atom is 0.263 e. The van der Waals surface area contributed by atoms with Crippen molar-refractivity contribution in [2.75, 3.05) is 0 Å². The van der Waals surface area contributed by atoms with E-state index in [1.54, 1.807) is 18.7 Å². The van der Waals surface area contributed by atoms with Gasteiger partial charge >= 0.3 is 0 Å². The second kappa shape index (κ2) is 7.95. The Balaban J connectivity index is 1.27. The highest BCUT2D eigenvalue weighted by Gasteiger charge is 2.12. The number of aromatic nitrogens is 3. The summed E-state index contributed by atoms with van der Waals surface area (Å²) in [6.07, 6.45) is 11.0. The number of rotatable bonds is 8. The zero-order chi connectivity index (χ0) is 18.5. The predicted octanol–water partition coefficient (Wildman–Crippen LogP) is 4.65. The molecule has 3 heterocycles. The fourth-order valence-corrected chi connectivity index (χ4v) is 2.86. The van der Waals surface area contributed by atoms with E-state index in [2.05, 4.69) is 26.7 Å². The van der Waals surface area contributed by atoms with E-state index in [0.29, 0.717) is 18.3 Å². The van der Waals surface area contributed by atoms with Crippen LogP contribution in [0.5, 0.6) is 5.75 Å². The third-order valence-corrected chi connectivity index (χ3v) is 4.36. The molecular weight excluding hydrogens is 342 g/mol. The molecule has 0 aliphatic heterocycles. The van der Waals surface area contributed by atoms with E-state index in [1.165, 1.54) is 5.56 Å². The summed E-state index contributed by atoms with van der Waals surface area (Å²) in [6.45, 7) is 3.28. The van der Waals surface area contributed by atoms with Crippen LogP contribution in [0.3, 0.4) is 0 Å². The molecule has 138 valence electrons. The van der Waals surface area contributed by atoms with E-state index in [-0.39, 0.29) is 0 Å². The molecule has 3 aromatic heterocycles. The third kappa shape index (κ3) is 4.28. The van der Waals surface area contributed by atoms with E-state index in [1.807, 2.05) is 37.6 Å². The average Bonchev–Trinajstić information content (AvgIpc) is 3.43. The van der Waals surface area contributed by atoms with Crippen LogP contribution in [0.4, 0.5) is 0 Å². The van der Waals surface area contributed by atoms with Crippen molar-refractivity contribution >= 4 is 0 Å². The molecule has 0 bridgehead atoms. The van der Waals surface area contributed by atoms with Gasteiger partial charge in [-0.15, -0.1) is 0 Å². The van der Waals surface area contributed by atoms with Crippen LogP contribution >= 0.6 is 0 Å². The Hall–Kier alpha value is -3.28. The summed E-state index contributed by atoms with van der Waals surface area (Å²) in [4.78, 5) is 8.47. The standard InChI is InChI=1S/C21H21N3O3/c1-16-8-12-25-20(16)21-23-18(14-27-21)13-26-19-6-4-17(5-7-19)3-2-10-24-11-9-22-15-24/h4-9,11-12,14-15H,2-3,10,13H2,1H3. The highest BCUT2D eigenvalue weighted by molar-refractivity contribution is 5.50. The van der Waals surface area contributed by atoms with Gasteiger partial charge in [-0.2, -0.15) is 0 Å². The van der Waals surface area contributed by atoms with Gasteiger partial charge in [0.05, 0.1) is 12.6 Å². The third-order valence-electron chi connectivity index (χ3n) is 4.36. The van der Waals surface area contributed by atoms with Crippen LogP contribution in [0.15, 0.2) is 70.4 Å². The lowest BCUT2D eigenvalue weighted by molar-refractivity contribution is 0.301. The van der Waals surface area contributed by atoms with Gasteiger partial charge in [0.2, 0.25) is 0 Å². The number of hydrogen-bond acceptors (Lipinski definition) is 5. The quantitative estimate of drug-likeness (QED) is 0.456. The van der Waals surface area contributed by atoms with Gasteiger partial charge in [-0.25, -0.2) is 9.97 Å². The number of imidazole rings is 1. The molecule has 4 aromatic rings. The first-order valence-electron chi connectivity index (χ1n) is 8.94. The van der Waals surface area contributed by atoms with Crippen LogP contribution < -0.4 is 4.74 Å². The first-order valence-corrected chi connectivity index (χ1v) is 8.94. The lowest BCUT2D eigenvalue weighted by Crippen LogP contribution is -1.98. The molecule has 0 saturated carbocycles. The average molecular weight is 363 g/mol. The van der Waals surface area contributed by atoms with Gasteiger partial charge in [0.15, 0.2) is 5.76 Å². The van der Waals surface area contributed by atoms with Crippen LogP contribution in [0.1, 0.15) is 23.2 Å². The molecule has 0 radical (unpaired) electrons. The van der Waals surface area contributed by atoms with Gasteiger partial charge in [-0.3, -0.25) is 0 Å². The predicted molar refractivity (Wildman–Crippen MR) is 100 cm³/mol. The van der Waals surface area contributed by atoms with E-state index in [9.17, 15) is 0 Å². The van der Waals surface area contributed by atoms with Crippen molar-refractivity contribution < 1.29 is 13.6 Å². The van der Waals surface area contributed by atoms with E-state index in [4.69, 9.17) is 13.6 Å². The minimum Gasteiger partial charge on any atom is -0.487 e. The van der Waals surface area contributed by atoms with Gasteiger partial charge in [0.25, 0.3) is 5.89 Å². The molecule has 27 heavy (non-hydrogen) atoms. The van der Waals surface area contributed by atoms with Crippen LogP contribution in [0, 0.1) is 6.92 Å². The Morgan fingerprint density at radius 2 is 2.00 bits per heavy atom. The zero-order valence-electron chi connectivity index (χ0n) is 15.2. The fourth-order valence-electron chi connectivity index (χ4n) is 2.86. The Bertz CT molecular complexity index is 968. The van der Waals surface area contributed by atoms with Crippen LogP contribution in [0.2, 0.25) is 0 Å². The van der Waals surface area contributed by atoms with Gasteiger partial charge in [-0.05, 0) is 43.5 Å². The van der Waals surface area contributed by atoms with Crippen LogP contribution in [0.25, 0.3) is 11.7 Å². The van der Waals surface area contributed by atoms with E-state index in [0.717, 1.165) is 36.4 Å². The number of furan rings is 1. The Kier molecular flexibility index (Phi) is 5.05. The van der Waals surface area contributed by atoms with Crippen LogP contribution in [-0.2, 0) is 19.6 Å². The molecule has 0 N–H and O–H groups in total. The molecule has 0 atom stereocenters. The minimum absolute atomic E-state index is 0.350. The lowest BCUT2D eigenvalue weighted by Gasteiger charge is -2.06. The van der Waals surface area contributed by atoms with E-state index >= 15 is 0 Å². The summed E-state index contributed by atoms with van der Waals surface area (Å²) in [5, 5.41) is 0. The summed E-state index contributed by atoms with van der Waals surface area (Å²) in [5.74, 6) is 1.94. The first kappa shape index (κ1) is 17.1. The molecule has 1 aromatic carbocycles. The largest absolute Gasteiger partial charge is 0.487 e. The lowest BCUT2D eigenvalue weighted by atomic mass is 10.1. The Morgan fingerprint density at radius 3 is 2.74 bits per heavy atom. The van der Waals surface area contributed by atoms with Crippen molar-refractivity contribution in [3.05, 3.63) is 78.4 Å². The summed E-state index contributed by atoms with van der Waals surface area (Å²) in [6, 6.07) is 10.1. The molecule has 0 amide bonds. The number of aryl methyl sites for hydroxylation is 3. The van der Waals surface area contributed by atoms with Crippen molar-refractivity contribution in [2.24, 2.45) is 0 Å². The second-order valence-corrected chi connectivity index (χ2v) is 6.41. The van der Waals surface area contributed by atoms with Crippen molar-refractivity contribution in [3.63, 3.8) is 0 Å². The normalized spacial score (nSPS) is 11.0. The van der Waals surface area contributed by atoms with Gasteiger partial charge < -0.3 is 18.1 Å². The molecule has 0 fully saturated rings. The molecular formula is C21H21N3O3. The van der Waals surface area contributed by atoms with Gasteiger partial charge in [0.1, 0.15) is 24.3 Å².